The van der Waals surface area contributed by atoms with Gasteiger partial charge in [-0.15, -0.1) is 0 Å². The first-order chi connectivity index (χ1) is 10.1. The summed E-state index contributed by atoms with van der Waals surface area (Å²) in [6.07, 6.45) is 1.80. The van der Waals surface area contributed by atoms with Crippen molar-refractivity contribution in [1.29, 1.82) is 0 Å². The average molecular weight is 369 g/mol. The molecule has 2 nitrogen and oxygen atoms in total. The Hall–Kier alpha value is -1.03. The maximum atomic E-state index is 6.10. The summed E-state index contributed by atoms with van der Waals surface area (Å²) in [5.41, 5.74) is 2.41. The minimum atomic E-state index is 0.316. The van der Waals surface area contributed by atoms with E-state index < -0.39 is 0 Å². The lowest BCUT2D eigenvalue weighted by Crippen LogP contribution is -2.30. The van der Waals surface area contributed by atoms with E-state index in [9.17, 15) is 0 Å². The van der Waals surface area contributed by atoms with Crippen LogP contribution >= 0.6 is 27.5 Å². The molecule has 112 valence electrons. The van der Waals surface area contributed by atoms with E-state index in [1.807, 2.05) is 31.3 Å². The highest BCUT2D eigenvalue weighted by atomic mass is 79.9. The van der Waals surface area contributed by atoms with Crippen molar-refractivity contribution in [3.63, 3.8) is 0 Å². The molecule has 0 heterocycles. The average Bonchev–Trinajstić information content (AvgIpc) is 2.49. The molecule has 0 aliphatic rings. The van der Waals surface area contributed by atoms with Crippen LogP contribution in [-0.4, -0.2) is 20.2 Å². The van der Waals surface area contributed by atoms with Gasteiger partial charge in [0, 0.05) is 15.5 Å². The van der Waals surface area contributed by atoms with Crippen LogP contribution in [0.2, 0.25) is 5.02 Å². The molecule has 1 unspecified atom stereocenters. The van der Waals surface area contributed by atoms with Gasteiger partial charge in [0.1, 0.15) is 5.75 Å². The maximum absolute atomic E-state index is 6.10. The van der Waals surface area contributed by atoms with Gasteiger partial charge in [-0.3, -0.25) is 0 Å². The first-order valence-electron chi connectivity index (χ1n) is 6.87. The number of likely N-dealkylation sites (N-methyl/N-ethyl adjacent to an activating group) is 1. The quantitative estimate of drug-likeness (QED) is 0.811. The summed E-state index contributed by atoms with van der Waals surface area (Å²) < 4.78 is 6.57. The number of methoxy groups -OCH3 is 1. The number of benzene rings is 2. The van der Waals surface area contributed by atoms with Gasteiger partial charge in [-0.05, 0) is 55.3 Å². The van der Waals surface area contributed by atoms with Gasteiger partial charge in [0.2, 0.25) is 0 Å². The number of rotatable bonds is 6. The molecule has 0 saturated heterocycles. The predicted octanol–water partition coefficient (Wildman–Crippen LogP) is 4.48. The molecule has 0 saturated carbocycles. The zero-order valence-corrected chi connectivity index (χ0v) is 14.5. The lowest BCUT2D eigenvalue weighted by Gasteiger charge is -2.19. The summed E-state index contributed by atoms with van der Waals surface area (Å²) in [6.45, 7) is 0. The van der Waals surface area contributed by atoms with E-state index in [1.165, 1.54) is 5.56 Å². The van der Waals surface area contributed by atoms with Crippen LogP contribution in [0.15, 0.2) is 46.9 Å². The molecule has 2 rings (SSSR count). The van der Waals surface area contributed by atoms with E-state index in [4.69, 9.17) is 16.3 Å². The molecule has 1 N–H and O–H groups in total. The highest BCUT2D eigenvalue weighted by Crippen LogP contribution is 2.25. The lowest BCUT2D eigenvalue weighted by atomic mass is 9.98. The monoisotopic (exact) mass is 367 g/mol. The minimum Gasteiger partial charge on any atom is -0.496 e. The molecule has 4 heteroatoms. The zero-order chi connectivity index (χ0) is 15.2. The number of hydrogen-bond acceptors (Lipinski definition) is 2. The molecule has 0 aliphatic heterocycles. The third kappa shape index (κ3) is 4.47. The van der Waals surface area contributed by atoms with Crippen molar-refractivity contribution in [2.24, 2.45) is 0 Å². The molecular weight excluding hydrogens is 350 g/mol. The van der Waals surface area contributed by atoms with Crippen LogP contribution in [0.25, 0.3) is 0 Å². The van der Waals surface area contributed by atoms with Crippen molar-refractivity contribution in [2.45, 2.75) is 18.9 Å². The normalized spacial score (nSPS) is 12.2. The van der Waals surface area contributed by atoms with Gasteiger partial charge < -0.3 is 10.1 Å². The number of hydrogen-bond donors (Lipinski definition) is 1. The Morgan fingerprint density at radius 1 is 1.14 bits per heavy atom. The fourth-order valence-electron chi connectivity index (χ4n) is 2.38. The van der Waals surface area contributed by atoms with Gasteiger partial charge in [-0.1, -0.05) is 45.7 Å². The zero-order valence-electron chi connectivity index (χ0n) is 12.2. The van der Waals surface area contributed by atoms with Crippen molar-refractivity contribution in [2.75, 3.05) is 14.2 Å². The first kappa shape index (κ1) is 16.3. The molecule has 21 heavy (non-hydrogen) atoms. The van der Waals surface area contributed by atoms with Gasteiger partial charge in [0.25, 0.3) is 0 Å². The van der Waals surface area contributed by atoms with Crippen LogP contribution in [-0.2, 0) is 12.8 Å². The second-order valence-electron chi connectivity index (χ2n) is 4.94. The van der Waals surface area contributed by atoms with E-state index in [1.54, 1.807) is 7.11 Å². The molecule has 2 aromatic rings. The van der Waals surface area contributed by atoms with Gasteiger partial charge in [-0.25, -0.2) is 0 Å². The molecular formula is C17H19BrClNO. The van der Waals surface area contributed by atoms with Gasteiger partial charge in [0.05, 0.1) is 7.11 Å². The number of ether oxygens (including phenoxy) is 1. The van der Waals surface area contributed by atoms with Crippen molar-refractivity contribution >= 4 is 27.5 Å². The number of halogens is 2. The molecule has 0 aliphatic carbocycles. The molecule has 0 fully saturated rings. The van der Waals surface area contributed by atoms with E-state index in [0.29, 0.717) is 6.04 Å². The summed E-state index contributed by atoms with van der Waals surface area (Å²) >= 11 is 9.71. The molecule has 1 atom stereocenters. The lowest BCUT2D eigenvalue weighted by molar-refractivity contribution is 0.406. The first-order valence-corrected chi connectivity index (χ1v) is 8.04. The fraction of sp³-hybridized carbons (Fsp3) is 0.294. The Labute approximate surface area is 139 Å². The molecule has 0 amide bonds. The minimum absolute atomic E-state index is 0.316. The van der Waals surface area contributed by atoms with Crippen LogP contribution in [0.3, 0.4) is 0 Å². The van der Waals surface area contributed by atoms with Crippen LogP contribution in [0.4, 0.5) is 0 Å². The van der Waals surface area contributed by atoms with E-state index >= 15 is 0 Å². The summed E-state index contributed by atoms with van der Waals surface area (Å²) in [7, 11) is 3.67. The van der Waals surface area contributed by atoms with E-state index in [2.05, 4.69) is 39.4 Å². The highest BCUT2D eigenvalue weighted by molar-refractivity contribution is 9.10. The summed E-state index contributed by atoms with van der Waals surface area (Å²) in [5.74, 6) is 0.881. The third-order valence-corrected chi connectivity index (χ3v) is 4.55. The van der Waals surface area contributed by atoms with Crippen molar-refractivity contribution in [1.82, 2.24) is 5.32 Å². The third-order valence-electron chi connectivity index (χ3n) is 3.54. The van der Waals surface area contributed by atoms with Gasteiger partial charge >= 0.3 is 0 Å². The SMILES string of the molecule is CNC(Cc1ccccc1Br)Cc1cc(Cl)ccc1OC. The van der Waals surface area contributed by atoms with E-state index in [-0.39, 0.29) is 0 Å². The van der Waals surface area contributed by atoms with Crippen LogP contribution in [0, 0.1) is 0 Å². The molecule has 2 aromatic carbocycles. The Morgan fingerprint density at radius 3 is 2.52 bits per heavy atom. The fourth-order valence-corrected chi connectivity index (χ4v) is 3.02. The highest BCUT2D eigenvalue weighted by Gasteiger charge is 2.13. The Kier molecular flexibility index (Phi) is 6.09. The second kappa shape index (κ2) is 7.83. The standard InChI is InChI=1S/C17H19BrClNO/c1-20-15(10-12-5-3-4-6-16(12)18)11-13-9-14(19)7-8-17(13)21-2/h3-9,15,20H,10-11H2,1-2H3. The Balaban J connectivity index is 2.16. The van der Waals surface area contributed by atoms with Crippen molar-refractivity contribution in [3.05, 3.63) is 63.1 Å². The molecule has 0 bridgehead atoms. The Bertz CT molecular complexity index is 603. The van der Waals surface area contributed by atoms with Crippen molar-refractivity contribution in [3.8, 4) is 5.75 Å². The topological polar surface area (TPSA) is 21.3 Å². The summed E-state index contributed by atoms with van der Waals surface area (Å²) in [4.78, 5) is 0. The van der Waals surface area contributed by atoms with Gasteiger partial charge in [-0.2, -0.15) is 0 Å². The maximum Gasteiger partial charge on any atom is 0.122 e. The van der Waals surface area contributed by atoms with Crippen LogP contribution in [0.1, 0.15) is 11.1 Å². The van der Waals surface area contributed by atoms with Crippen molar-refractivity contribution < 1.29 is 4.74 Å². The van der Waals surface area contributed by atoms with E-state index in [0.717, 1.165) is 33.6 Å². The largest absolute Gasteiger partial charge is 0.496 e. The molecule has 0 radical (unpaired) electrons. The smallest absolute Gasteiger partial charge is 0.122 e. The van der Waals surface area contributed by atoms with Crippen LogP contribution in [0.5, 0.6) is 5.75 Å². The number of nitrogens with one attached hydrogen (secondary N) is 1. The summed E-state index contributed by atoms with van der Waals surface area (Å²) in [5, 5.41) is 4.12. The molecule has 0 aromatic heterocycles. The predicted molar refractivity (Wildman–Crippen MR) is 92.4 cm³/mol. The summed E-state index contributed by atoms with van der Waals surface area (Å²) in [6, 6.07) is 14.4. The molecule has 0 spiro atoms. The Morgan fingerprint density at radius 2 is 1.86 bits per heavy atom. The van der Waals surface area contributed by atoms with Gasteiger partial charge in [0.15, 0.2) is 0 Å². The second-order valence-corrected chi connectivity index (χ2v) is 6.23. The van der Waals surface area contributed by atoms with Crippen LogP contribution < -0.4 is 10.1 Å².